The van der Waals surface area contributed by atoms with E-state index in [2.05, 4.69) is 28.9 Å². The maximum absolute atomic E-state index is 9.78. The number of aromatic hydroxyl groups is 1. The average Bonchev–Trinajstić information content (AvgIpc) is 2.68. The first kappa shape index (κ1) is 23.2. The number of phenols is 1. The number of hydrogen-bond acceptors (Lipinski definition) is 5. The van der Waals surface area contributed by atoms with Crippen molar-refractivity contribution in [3.63, 3.8) is 0 Å². The van der Waals surface area contributed by atoms with E-state index in [1.165, 1.54) is 0 Å². The molecule has 0 spiro atoms. The number of phenolic OH excluding ortho intramolecular Hbond substituents is 1. The molecule has 0 bridgehead atoms. The molecule has 0 amide bonds. The van der Waals surface area contributed by atoms with Crippen LogP contribution in [0.25, 0.3) is 0 Å². The molecule has 0 saturated carbocycles. The quantitative estimate of drug-likeness (QED) is 0.796. The largest absolute Gasteiger partial charge is 0.504 e. The molecule has 150 valence electrons. The highest BCUT2D eigenvalue weighted by atomic mass is 35.5. The molecule has 0 aliphatic carbocycles. The smallest absolute Gasteiger partial charge is 0.160 e. The number of rotatable bonds is 5. The Balaban J connectivity index is 0.00000182. The molecule has 7 heteroatoms. The second-order valence-electron chi connectivity index (χ2n) is 6.30. The second kappa shape index (κ2) is 10.5. The molecule has 0 aromatic heterocycles. The predicted octanol–water partition coefficient (Wildman–Crippen LogP) is 4.14. The predicted molar refractivity (Wildman–Crippen MR) is 114 cm³/mol. The summed E-state index contributed by atoms with van der Waals surface area (Å²) in [5.74, 6) is 1.63. The summed E-state index contributed by atoms with van der Waals surface area (Å²) < 4.78 is 10.7. The number of para-hydroxylation sites is 2. The van der Waals surface area contributed by atoms with Gasteiger partial charge in [-0.1, -0.05) is 18.2 Å². The molecule has 1 aliphatic rings. The van der Waals surface area contributed by atoms with Crippen molar-refractivity contribution in [3.8, 4) is 17.2 Å². The van der Waals surface area contributed by atoms with Gasteiger partial charge in [0.15, 0.2) is 11.5 Å². The van der Waals surface area contributed by atoms with Crippen molar-refractivity contribution in [1.82, 2.24) is 4.90 Å². The van der Waals surface area contributed by atoms with E-state index < -0.39 is 0 Å². The minimum atomic E-state index is 0. The number of ether oxygens (including phenoxy) is 2. The van der Waals surface area contributed by atoms with Gasteiger partial charge in [-0.2, -0.15) is 0 Å². The Bertz CT molecular complexity index is 722. The first-order valence-corrected chi connectivity index (χ1v) is 8.63. The SMILES string of the molecule is COc1cc(C(C)N2CCN(c3ccccc3OC)CC2)ccc1O.Cl.Cl. The summed E-state index contributed by atoms with van der Waals surface area (Å²) >= 11 is 0. The number of methoxy groups -OCH3 is 2. The van der Waals surface area contributed by atoms with Crippen molar-refractivity contribution in [3.05, 3.63) is 48.0 Å². The van der Waals surface area contributed by atoms with Gasteiger partial charge < -0.3 is 19.5 Å². The van der Waals surface area contributed by atoms with E-state index in [-0.39, 0.29) is 36.6 Å². The Kier molecular flexibility index (Phi) is 9.03. The highest BCUT2D eigenvalue weighted by Gasteiger charge is 2.24. The summed E-state index contributed by atoms with van der Waals surface area (Å²) in [7, 11) is 3.30. The van der Waals surface area contributed by atoms with Crippen LogP contribution in [0.5, 0.6) is 17.2 Å². The zero-order valence-electron chi connectivity index (χ0n) is 15.9. The minimum absolute atomic E-state index is 0. The van der Waals surface area contributed by atoms with E-state index in [9.17, 15) is 5.11 Å². The van der Waals surface area contributed by atoms with Crippen molar-refractivity contribution in [2.24, 2.45) is 0 Å². The number of benzene rings is 2. The zero-order chi connectivity index (χ0) is 17.8. The molecular weight excluding hydrogens is 387 g/mol. The van der Waals surface area contributed by atoms with Gasteiger partial charge in [0.25, 0.3) is 0 Å². The number of halogens is 2. The van der Waals surface area contributed by atoms with E-state index in [1.54, 1.807) is 20.3 Å². The highest BCUT2D eigenvalue weighted by Crippen LogP contribution is 2.33. The standard InChI is InChI=1S/C20H26N2O3.2ClH/c1-15(16-8-9-18(23)20(14-16)25-3)21-10-12-22(13-11-21)17-6-4-5-7-19(17)24-2;;/h4-9,14-15,23H,10-13H2,1-3H3;2*1H. The molecule has 1 heterocycles. The lowest BCUT2D eigenvalue weighted by Crippen LogP contribution is -2.47. The van der Waals surface area contributed by atoms with Crippen LogP contribution in [0.4, 0.5) is 5.69 Å². The van der Waals surface area contributed by atoms with Gasteiger partial charge in [0, 0.05) is 32.2 Å². The fraction of sp³-hybridized carbons (Fsp3) is 0.400. The second-order valence-corrected chi connectivity index (χ2v) is 6.30. The van der Waals surface area contributed by atoms with Gasteiger partial charge >= 0.3 is 0 Å². The monoisotopic (exact) mass is 414 g/mol. The number of hydrogen-bond donors (Lipinski definition) is 1. The Morgan fingerprint density at radius 1 is 0.889 bits per heavy atom. The van der Waals surface area contributed by atoms with Gasteiger partial charge in [0.05, 0.1) is 19.9 Å². The molecule has 0 radical (unpaired) electrons. The molecule has 1 unspecified atom stereocenters. The molecule has 1 fully saturated rings. The molecule has 27 heavy (non-hydrogen) atoms. The first-order chi connectivity index (χ1) is 12.1. The van der Waals surface area contributed by atoms with E-state index >= 15 is 0 Å². The summed E-state index contributed by atoms with van der Waals surface area (Å²) in [5.41, 5.74) is 2.31. The van der Waals surface area contributed by atoms with Crippen molar-refractivity contribution < 1.29 is 14.6 Å². The molecule has 3 rings (SSSR count). The van der Waals surface area contributed by atoms with E-state index in [0.717, 1.165) is 43.2 Å². The summed E-state index contributed by atoms with van der Waals surface area (Å²) in [6, 6.07) is 14.0. The van der Waals surface area contributed by atoms with Gasteiger partial charge in [-0.15, -0.1) is 24.8 Å². The van der Waals surface area contributed by atoms with Crippen molar-refractivity contribution in [2.75, 3.05) is 45.3 Å². The number of anilines is 1. The van der Waals surface area contributed by atoms with Crippen LogP contribution in [-0.4, -0.2) is 50.4 Å². The molecule has 5 nitrogen and oxygen atoms in total. The molecule has 1 saturated heterocycles. The Morgan fingerprint density at radius 2 is 1.52 bits per heavy atom. The van der Waals surface area contributed by atoms with Gasteiger partial charge in [0.2, 0.25) is 0 Å². The lowest BCUT2D eigenvalue weighted by molar-refractivity contribution is 0.198. The normalized spacial score (nSPS) is 15.3. The van der Waals surface area contributed by atoms with Crippen molar-refractivity contribution in [1.29, 1.82) is 0 Å². The first-order valence-electron chi connectivity index (χ1n) is 8.63. The summed E-state index contributed by atoms with van der Waals surface area (Å²) in [6.45, 7) is 6.06. The summed E-state index contributed by atoms with van der Waals surface area (Å²) in [4.78, 5) is 4.83. The minimum Gasteiger partial charge on any atom is -0.504 e. The van der Waals surface area contributed by atoms with Crippen LogP contribution >= 0.6 is 24.8 Å². The number of piperazine rings is 1. The van der Waals surface area contributed by atoms with Crippen LogP contribution in [0.2, 0.25) is 0 Å². The van der Waals surface area contributed by atoms with Crippen LogP contribution in [0, 0.1) is 0 Å². The van der Waals surface area contributed by atoms with Crippen LogP contribution in [0.15, 0.2) is 42.5 Å². The molecule has 1 aliphatic heterocycles. The van der Waals surface area contributed by atoms with Gasteiger partial charge in [-0.3, -0.25) is 4.90 Å². The lowest BCUT2D eigenvalue weighted by atomic mass is 10.0. The van der Waals surface area contributed by atoms with Crippen LogP contribution in [0.3, 0.4) is 0 Å². The fourth-order valence-corrected chi connectivity index (χ4v) is 3.41. The summed E-state index contributed by atoms with van der Waals surface area (Å²) in [5, 5.41) is 9.78. The van der Waals surface area contributed by atoms with E-state index in [4.69, 9.17) is 9.47 Å². The van der Waals surface area contributed by atoms with Gasteiger partial charge in [0.1, 0.15) is 5.75 Å². The molecular formula is C20H28Cl2N2O3. The third kappa shape index (κ3) is 5.12. The zero-order valence-corrected chi connectivity index (χ0v) is 17.6. The fourth-order valence-electron chi connectivity index (χ4n) is 3.41. The Labute approximate surface area is 173 Å². The molecule has 2 aromatic rings. The third-order valence-corrected chi connectivity index (χ3v) is 4.97. The molecule has 2 aromatic carbocycles. The lowest BCUT2D eigenvalue weighted by Gasteiger charge is -2.39. The maximum atomic E-state index is 9.78. The molecule has 1 N–H and O–H groups in total. The Morgan fingerprint density at radius 3 is 2.15 bits per heavy atom. The topological polar surface area (TPSA) is 45.2 Å². The van der Waals surface area contributed by atoms with Crippen LogP contribution < -0.4 is 14.4 Å². The van der Waals surface area contributed by atoms with Gasteiger partial charge in [-0.25, -0.2) is 0 Å². The van der Waals surface area contributed by atoms with Crippen LogP contribution in [-0.2, 0) is 0 Å². The van der Waals surface area contributed by atoms with Crippen molar-refractivity contribution >= 4 is 30.5 Å². The maximum Gasteiger partial charge on any atom is 0.160 e. The van der Waals surface area contributed by atoms with Gasteiger partial charge in [-0.05, 0) is 36.8 Å². The van der Waals surface area contributed by atoms with Crippen LogP contribution in [0.1, 0.15) is 18.5 Å². The highest BCUT2D eigenvalue weighted by molar-refractivity contribution is 5.85. The Hall–Kier alpha value is -1.82. The van der Waals surface area contributed by atoms with Crippen molar-refractivity contribution in [2.45, 2.75) is 13.0 Å². The average molecular weight is 415 g/mol. The third-order valence-electron chi connectivity index (χ3n) is 4.97. The molecule has 1 atom stereocenters. The van der Waals surface area contributed by atoms with E-state index in [1.807, 2.05) is 24.3 Å². The number of nitrogens with zero attached hydrogens (tertiary/aromatic N) is 2. The van der Waals surface area contributed by atoms with E-state index in [0.29, 0.717) is 5.75 Å². The summed E-state index contributed by atoms with van der Waals surface area (Å²) in [6.07, 6.45) is 0.